The molecule has 4 rings (SSSR count). The van der Waals surface area contributed by atoms with Crippen LogP contribution in [0.2, 0.25) is 0 Å². The normalized spacial score (nSPS) is 20.5. The first-order valence-electron chi connectivity index (χ1n) is 10.9. The lowest BCUT2D eigenvalue weighted by Crippen LogP contribution is -2.50. The Kier molecular flexibility index (Phi) is 6.76. The van der Waals surface area contributed by atoms with Crippen molar-refractivity contribution >= 4 is 17.2 Å². The van der Waals surface area contributed by atoms with E-state index in [0.717, 1.165) is 44.6 Å². The largest absolute Gasteiger partial charge is 0.487 e. The molecule has 2 aliphatic heterocycles. The van der Waals surface area contributed by atoms with Crippen LogP contribution in [0.5, 0.6) is 5.75 Å². The first-order chi connectivity index (χ1) is 14.6. The lowest BCUT2D eigenvalue weighted by molar-refractivity contribution is -0.122. The molecule has 2 aromatic rings. The van der Waals surface area contributed by atoms with Gasteiger partial charge in [-0.2, -0.15) is 0 Å². The highest BCUT2D eigenvalue weighted by Crippen LogP contribution is 2.46. The molecule has 6 heteroatoms. The van der Waals surface area contributed by atoms with E-state index in [2.05, 4.69) is 41.4 Å². The maximum absolute atomic E-state index is 12.5. The third kappa shape index (κ3) is 5.05. The quantitative estimate of drug-likeness (QED) is 0.675. The zero-order valence-electron chi connectivity index (χ0n) is 18.0. The van der Waals surface area contributed by atoms with Crippen molar-refractivity contribution in [2.75, 3.05) is 33.4 Å². The van der Waals surface area contributed by atoms with Gasteiger partial charge in [-0.1, -0.05) is 18.2 Å². The molecular formula is C24H32N2O3S. The molecule has 0 bridgehead atoms. The van der Waals surface area contributed by atoms with Gasteiger partial charge in [-0.3, -0.25) is 9.69 Å². The Bertz CT molecular complexity index is 858. The third-order valence-electron chi connectivity index (χ3n) is 6.31. The van der Waals surface area contributed by atoms with Gasteiger partial charge in [0.25, 0.3) is 0 Å². The summed E-state index contributed by atoms with van der Waals surface area (Å²) in [5, 5.41) is 2.98. The summed E-state index contributed by atoms with van der Waals surface area (Å²) in [5.41, 5.74) is 1.01. The molecule has 3 heterocycles. The van der Waals surface area contributed by atoms with Crippen molar-refractivity contribution in [2.45, 2.75) is 50.7 Å². The van der Waals surface area contributed by atoms with Crippen molar-refractivity contribution in [2.24, 2.45) is 0 Å². The minimum atomic E-state index is -0.159. The number of thiophene rings is 1. The van der Waals surface area contributed by atoms with Gasteiger partial charge in [0.05, 0.1) is 6.61 Å². The fourth-order valence-corrected chi connectivity index (χ4v) is 5.66. The van der Waals surface area contributed by atoms with Crippen LogP contribution < -0.4 is 10.1 Å². The maximum Gasteiger partial charge on any atom is 0.220 e. The van der Waals surface area contributed by atoms with E-state index in [-0.39, 0.29) is 17.4 Å². The molecular weight excluding hydrogens is 396 g/mol. The van der Waals surface area contributed by atoms with Crippen LogP contribution in [-0.2, 0) is 16.1 Å². The van der Waals surface area contributed by atoms with Gasteiger partial charge in [-0.05, 0) is 49.9 Å². The number of hydrogen-bond donors (Lipinski definition) is 1. The molecule has 1 N–H and O–H groups in total. The number of amides is 1. The summed E-state index contributed by atoms with van der Waals surface area (Å²) < 4.78 is 11.6. The van der Waals surface area contributed by atoms with E-state index in [1.807, 2.05) is 23.5 Å². The monoisotopic (exact) mass is 428 g/mol. The van der Waals surface area contributed by atoms with E-state index in [1.54, 1.807) is 7.11 Å². The zero-order valence-corrected chi connectivity index (χ0v) is 18.8. The number of ether oxygens (including phenoxy) is 2. The summed E-state index contributed by atoms with van der Waals surface area (Å²) in [6, 6.07) is 12.7. The fourth-order valence-electron chi connectivity index (χ4n) is 4.73. The summed E-state index contributed by atoms with van der Waals surface area (Å²) in [6.45, 7) is 6.36. The van der Waals surface area contributed by atoms with Crippen LogP contribution in [0.3, 0.4) is 0 Å². The van der Waals surface area contributed by atoms with Crippen molar-refractivity contribution in [3.05, 3.63) is 51.7 Å². The Hall–Kier alpha value is -1.89. The lowest BCUT2D eigenvalue weighted by atomic mass is 9.76. The molecule has 1 spiro atoms. The minimum absolute atomic E-state index is 0.0920. The Morgan fingerprint density at radius 3 is 2.80 bits per heavy atom. The van der Waals surface area contributed by atoms with Crippen LogP contribution in [0, 0.1) is 6.92 Å². The number of hydrogen-bond acceptors (Lipinski definition) is 5. The molecule has 0 aliphatic carbocycles. The van der Waals surface area contributed by atoms with E-state index >= 15 is 0 Å². The molecule has 162 valence electrons. The number of piperidine rings is 1. The number of methoxy groups -OCH3 is 1. The summed E-state index contributed by atoms with van der Waals surface area (Å²) >= 11 is 1.89. The summed E-state index contributed by atoms with van der Waals surface area (Å²) in [5.74, 6) is 1.25. The molecule has 5 nitrogen and oxygen atoms in total. The van der Waals surface area contributed by atoms with Crippen molar-refractivity contribution < 1.29 is 14.3 Å². The second-order valence-electron chi connectivity index (χ2n) is 8.56. The number of nitrogens with zero attached hydrogens (tertiary/aromatic N) is 1. The van der Waals surface area contributed by atoms with E-state index < -0.39 is 0 Å². The van der Waals surface area contributed by atoms with Gasteiger partial charge in [-0.25, -0.2) is 0 Å². The smallest absolute Gasteiger partial charge is 0.220 e. The van der Waals surface area contributed by atoms with Crippen molar-refractivity contribution in [1.82, 2.24) is 10.2 Å². The standard InChI is InChI=1S/C24H32N2O3S/c1-18-7-8-20(30-18)17-26-12-9-24(10-13-26)16-19(15-23(27)25-11-14-28-2)21-5-3-4-6-22(21)29-24/h3-8,19H,9-17H2,1-2H3,(H,25,27)/t19-/m1/s1. The number of nitrogens with one attached hydrogen (secondary N) is 1. The third-order valence-corrected chi connectivity index (χ3v) is 7.29. The highest BCUT2D eigenvalue weighted by molar-refractivity contribution is 7.11. The number of carbonyl (C=O) groups is 1. The van der Waals surface area contributed by atoms with Crippen LogP contribution in [0.4, 0.5) is 0 Å². The second-order valence-corrected chi connectivity index (χ2v) is 9.93. The Morgan fingerprint density at radius 1 is 1.27 bits per heavy atom. The molecule has 1 aromatic carbocycles. The number of likely N-dealkylation sites (tertiary alicyclic amines) is 1. The number of fused-ring (bicyclic) bond motifs is 1. The average molecular weight is 429 g/mol. The number of carbonyl (C=O) groups excluding carboxylic acids is 1. The molecule has 1 fully saturated rings. The minimum Gasteiger partial charge on any atom is -0.487 e. The zero-order chi connectivity index (χ0) is 21.0. The highest BCUT2D eigenvalue weighted by atomic mass is 32.1. The van der Waals surface area contributed by atoms with Gasteiger partial charge < -0.3 is 14.8 Å². The van der Waals surface area contributed by atoms with Crippen LogP contribution in [0.1, 0.15) is 46.9 Å². The van der Waals surface area contributed by atoms with Crippen molar-refractivity contribution in [1.29, 1.82) is 0 Å². The highest BCUT2D eigenvalue weighted by Gasteiger charge is 2.43. The number of para-hydroxylation sites is 1. The van der Waals surface area contributed by atoms with Crippen LogP contribution >= 0.6 is 11.3 Å². The van der Waals surface area contributed by atoms with E-state index in [0.29, 0.717) is 19.6 Å². The van der Waals surface area contributed by atoms with Crippen molar-refractivity contribution in [3.63, 3.8) is 0 Å². The van der Waals surface area contributed by atoms with Gasteiger partial charge in [-0.15, -0.1) is 11.3 Å². The molecule has 2 aliphatic rings. The van der Waals surface area contributed by atoms with Gasteiger partial charge in [0.15, 0.2) is 0 Å². The first-order valence-corrected chi connectivity index (χ1v) is 11.7. The first kappa shape index (κ1) is 21.3. The SMILES string of the molecule is COCCNC(=O)C[C@@H]1CC2(CCN(Cc3ccc(C)s3)CC2)Oc2ccccc21. The maximum atomic E-state index is 12.5. The molecule has 1 aromatic heterocycles. The molecule has 1 saturated heterocycles. The van der Waals surface area contributed by atoms with E-state index in [4.69, 9.17) is 9.47 Å². The number of rotatable bonds is 7. The molecule has 1 amide bonds. The van der Waals surface area contributed by atoms with Crippen LogP contribution in [0.15, 0.2) is 36.4 Å². The van der Waals surface area contributed by atoms with Crippen LogP contribution in [0.25, 0.3) is 0 Å². The van der Waals surface area contributed by atoms with E-state index in [1.165, 1.54) is 15.3 Å². The van der Waals surface area contributed by atoms with Crippen LogP contribution in [-0.4, -0.2) is 49.8 Å². The number of aryl methyl sites for hydroxylation is 1. The predicted molar refractivity (Wildman–Crippen MR) is 120 cm³/mol. The van der Waals surface area contributed by atoms with Gasteiger partial charge in [0.2, 0.25) is 5.91 Å². The topological polar surface area (TPSA) is 50.8 Å². The van der Waals surface area contributed by atoms with Gasteiger partial charge in [0, 0.05) is 55.4 Å². The van der Waals surface area contributed by atoms with Crippen molar-refractivity contribution in [3.8, 4) is 5.75 Å². The van der Waals surface area contributed by atoms with Gasteiger partial charge in [0.1, 0.15) is 11.4 Å². The fraction of sp³-hybridized carbons (Fsp3) is 0.542. The summed E-state index contributed by atoms with van der Waals surface area (Å²) in [7, 11) is 1.65. The molecule has 1 atom stereocenters. The second kappa shape index (κ2) is 9.50. The molecule has 0 unspecified atom stereocenters. The predicted octanol–water partition coefficient (Wildman–Crippen LogP) is 4.11. The Labute approximate surface area is 183 Å². The Morgan fingerprint density at radius 2 is 2.07 bits per heavy atom. The lowest BCUT2D eigenvalue weighted by Gasteiger charge is -2.47. The average Bonchev–Trinajstić information content (AvgIpc) is 3.15. The van der Waals surface area contributed by atoms with Gasteiger partial charge >= 0.3 is 0 Å². The number of benzene rings is 1. The summed E-state index contributed by atoms with van der Waals surface area (Å²) in [4.78, 5) is 17.9. The summed E-state index contributed by atoms with van der Waals surface area (Å²) in [6.07, 6.45) is 3.43. The Balaban J connectivity index is 1.41. The molecule has 0 saturated carbocycles. The molecule has 0 radical (unpaired) electrons. The molecule has 30 heavy (non-hydrogen) atoms. The van der Waals surface area contributed by atoms with E-state index in [9.17, 15) is 4.79 Å².